The van der Waals surface area contributed by atoms with Crippen LogP contribution in [0.3, 0.4) is 0 Å². The number of carbonyl (C=O) groups is 2. The molecule has 0 bridgehead atoms. The molecule has 1 fully saturated rings. The number of nitriles is 1. The number of rotatable bonds is 7. The van der Waals surface area contributed by atoms with Gasteiger partial charge in [0.1, 0.15) is 22.4 Å². The molecule has 1 aliphatic heterocycles. The van der Waals surface area contributed by atoms with Crippen LogP contribution in [0.2, 0.25) is 0 Å². The summed E-state index contributed by atoms with van der Waals surface area (Å²) < 4.78 is 5.49. The molecule has 1 unspecified atom stereocenters. The smallest absolute Gasteiger partial charge is 0.264 e. The highest BCUT2D eigenvalue weighted by atomic mass is 32.2. The zero-order valence-corrected chi connectivity index (χ0v) is 19.5. The number of benzene rings is 2. The van der Waals surface area contributed by atoms with Gasteiger partial charge in [0, 0.05) is 12.7 Å². The molecule has 1 saturated heterocycles. The quantitative estimate of drug-likeness (QED) is 0.501. The van der Waals surface area contributed by atoms with E-state index in [1.165, 1.54) is 29.3 Å². The second kappa shape index (κ2) is 10.4. The van der Waals surface area contributed by atoms with Crippen molar-refractivity contribution >= 4 is 29.3 Å². The fourth-order valence-corrected chi connectivity index (χ4v) is 4.77. The van der Waals surface area contributed by atoms with E-state index in [1.54, 1.807) is 24.3 Å². The molecule has 0 aliphatic carbocycles. The van der Waals surface area contributed by atoms with Crippen molar-refractivity contribution in [2.45, 2.75) is 38.4 Å². The lowest BCUT2D eigenvalue weighted by Gasteiger charge is -2.19. The lowest BCUT2D eigenvalue weighted by Crippen LogP contribution is -2.31. The van der Waals surface area contributed by atoms with Gasteiger partial charge in [-0.2, -0.15) is 5.26 Å². The SMILES string of the molecule is CCOc1ccc(N2C(=O)C(Cc3ccc(C(C)C)cc3)S/C2=C(/C#N)C(=O)NC)cc1. The number of nitrogens with one attached hydrogen (secondary N) is 1. The Hall–Kier alpha value is -3.24. The molecule has 0 spiro atoms. The number of ether oxygens (including phenoxy) is 1. The summed E-state index contributed by atoms with van der Waals surface area (Å²) in [6.45, 7) is 6.71. The minimum Gasteiger partial charge on any atom is -0.494 e. The average Bonchev–Trinajstić information content (AvgIpc) is 3.10. The van der Waals surface area contributed by atoms with E-state index >= 15 is 0 Å². The maximum Gasteiger partial charge on any atom is 0.264 e. The van der Waals surface area contributed by atoms with Crippen LogP contribution >= 0.6 is 11.8 Å². The molecular weight excluding hydrogens is 422 g/mol. The zero-order valence-electron chi connectivity index (χ0n) is 18.7. The van der Waals surface area contributed by atoms with E-state index < -0.39 is 11.2 Å². The van der Waals surface area contributed by atoms with Crippen molar-refractivity contribution in [1.82, 2.24) is 5.32 Å². The van der Waals surface area contributed by atoms with Gasteiger partial charge < -0.3 is 10.1 Å². The zero-order chi connectivity index (χ0) is 23.3. The van der Waals surface area contributed by atoms with Crippen molar-refractivity contribution in [3.8, 4) is 11.8 Å². The summed E-state index contributed by atoms with van der Waals surface area (Å²) in [6, 6.07) is 17.3. The van der Waals surface area contributed by atoms with E-state index in [0.717, 1.165) is 5.56 Å². The Balaban J connectivity index is 1.97. The number of carbonyl (C=O) groups excluding carboxylic acids is 2. The molecular formula is C25H27N3O3S. The topological polar surface area (TPSA) is 82.4 Å². The number of nitrogens with zero attached hydrogens (tertiary/aromatic N) is 2. The predicted octanol–water partition coefficient (Wildman–Crippen LogP) is 4.38. The van der Waals surface area contributed by atoms with Crippen molar-refractivity contribution in [1.29, 1.82) is 5.26 Å². The minimum absolute atomic E-state index is 0.0719. The van der Waals surface area contributed by atoms with E-state index in [9.17, 15) is 14.9 Å². The molecule has 0 saturated carbocycles. The predicted molar refractivity (Wildman–Crippen MR) is 127 cm³/mol. The summed E-state index contributed by atoms with van der Waals surface area (Å²) in [7, 11) is 1.47. The van der Waals surface area contributed by atoms with Gasteiger partial charge in [-0.05, 0) is 54.7 Å². The molecule has 0 aromatic heterocycles. The van der Waals surface area contributed by atoms with E-state index in [2.05, 4.69) is 31.3 Å². The molecule has 1 atom stereocenters. The van der Waals surface area contributed by atoms with Crippen molar-refractivity contribution < 1.29 is 14.3 Å². The van der Waals surface area contributed by atoms with Gasteiger partial charge in [0.05, 0.1) is 11.9 Å². The first kappa shape index (κ1) is 23.4. The minimum atomic E-state index is -0.513. The largest absolute Gasteiger partial charge is 0.494 e. The van der Waals surface area contributed by atoms with Gasteiger partial charge in [0.25, 0.3) is 5.91 Å². The Morgan fingerprint density at radius 3 is 2.38 bits per heavy atom. The highest BCUT2D eigenvalue weighted by Crippen LogP contribution is 2.42. The first-order valence-electron chi connectivity index (χ1n) is 10.6. The molecule has 2 aromatic rings. The number of thioether (sulfide) groups is 1. The van der Waals surface area contributed by atoms with Crippen molar-refractivity contribution in [3.05, 3.63) is 70.3 Å². The summed E-state index contributed by atoms with van der Waals surface area (Å²) >= 11 is 1.26. The molecule has 1 aliphatic rings. The Labute approximate surface area is 193 Å². The maximum atomic E-state index is 13.4. The first-order chi connectivity index (χ1) is 15.4. The maximum absolute atomic E-state index is 13.4. The molecule has 32 heavy (non-hydrogen) atoms. The molecule has 166 valence electrons. The molecule has 7 heteroatoms. The van der Waals surface area contributed by atoms with E-state index in [1.807, 2.05) is 25.1 Å². The normalized spacial score (nSPS) is 17.3. The van der Waals surface area contributed by atoms with Crippen molar-refractivity contribution in [2.75, 3.05) is 18.6 Å². The summed E-state index contributed by atoms with van der Waals surface area (Å²) in [6.07, 6.45) is 0.505. The van der Waals surface area contributed by atoms with Crippen LogP contribution in [0.25, 0.3) is 0 Å². The number of hydrogen-bond donors (Lipinski definition) is 1. The molecule has 2 amide bonds. The summed E-state index contributed by atoms with van der Waals surface area (Å²) in [5.41, 5.74) is 2.79. The Morgan fingerprint density at radius 1 is 1.19 bits per heavy atom. The number of anilines is 1. The fraction of sp³-hybridized carbons (Fsp3) is 0.320. The second-order valence-corrected chi connectivity index (χ2v) is 8.87. The molecule has 2 aromatic carbocycles. The highest BCUT2D eigenvalue weighted by molar-refractivity contribution is 8.05. The molecule has 6 nitrogen and oxygen atoms in total. The van der Waals surface area contributed by atoms with E-state index in [4.69, 9.17) is 4.74 Å². The third-order valence-electron chi connectivity index (χ3n) is 5.21. The van der Waals surface area contributed by atoms with Crippen molar-refractivity contribution in [2.24, 2.45) is 0 Å². The van der Waals surface area contributed by atoms with Crippen molar-refractivity contribution in [3.63, 3.8) is 0 Å². The van der Waals surface area contributed by atoms with Crippen LogP contribution in [0.15, 0.2) is 59.1 Å². The third-order valence-corrected chi connectivity index (χ3v) is 6.47. The highest BCUT2D eigenvalue weighted by Gasteiger charge is 2.40. The monoisotopic (exact) mass is 449 g/mol. The van der Waals surface area contributed by atoms with Gasteiger partial charge in [-0.25, -0.2) is 0 Å². The van der Waals surface area contributed by atoms with Gasteiger partial charge in [-0.3, -0.25) is 14.5 Å². The molecule has 0 radical (unpaired) electrons. The van der Waals surface area contributed by atoms with E-state index in [0.29, 0.717) is 35.4 Å². The Kier molecular flexibility index (Phi) is 7.60. The Morgan fingerprint density at radius 2 is 1.84 bits per heavy atom. The Bertz CT molecular complexity index is 1050. The molecule has 3 rings (SSSR count). The van der Waals surface area contributed by atoms with Crippen LogP contribution in [0.4, 0.5) is 5.69 Å². The van der Waals surface area contributed by atoms with Crippen LogP contribution in [0.1, 0.15) is 37.8 Å². The molecule has 1 N–H and O–H groups in total. The number of likely N-dealkylation sites (N-methyl/N-ethyl adjacent to an activating group) is 1. The van der Waals surface area contributed by atoms with Gasteiger partial charge in [0.2, 0.25) is 5.91 Å². The van der Waals surface area contributed by atoms with Crippen LogP contribution in [0.5, 0.6) is 5.75 Å². The third kappa shape index (κ3) is 4.97. The summed E-state index contributed by atoms with van der Waals surface area (Å²) in [5, 5.41) is 12.1. The summed E-state index contributed by atoms with van der Waals surface area (Å²) in [5.74, 6) is 0.455. The van der Waals surface area contributed by atoms with Gasteiger partial charge in [-0.1, -0.05) is 49.9 Å². The fourth-order valence-electron chi connectivity index (χ4n) is 3.46. The van der Waals surface area contributed by atoms with E-state index in [-0.39, 0.29) is 11.5 Å². The van der Waals surface area contributed by atoms with Gasteiger partial charge in [0.15, 0.2) is 0 Å². The standard InChI is InChI=1S/C25H27N3O3S/c1-5-31-20-12-10-19(11-13-20)28-24(30)22(32-25(28)21(15-26)23(29)27-4)14-17-6-8-18(9-7-17)16(2)3/h6-13,16,22H,5,14H2,1-4H3,(H,27,29)/b25-21-. The lowest BCUT2D eigenvalue weighted by molar-refractivity contribution is -0.117. The average molecular weight is 450 g/mol. The van der Waals surface area contributed by atoms with Gasteiger partial charge in [-0.15, -0.1) is 0 Å². The number of amides is 2. The number of hydrogen-bond acceptors (Lipinski definition) is 5. The van der Waals surface area contributed by atoms with Crippen LogP contribution in [-0.4, -0.2) is 30.7 Å². The molecule has 1 heterocycles. The summed E-state index contributed by atoms with van der Waals surface area (Å²) in [4.78, 5) is 27.3. The lowest BCUT2D eigenvalue weighted by atomic mass is 10.00. The second-order valence-electron chi connectivity index (χ2n) is 7.68. The van der Waals surface area contributed by atoms with Gasteiger partial charge >= 0.3 is 0 Å². The van der Waals surface area contributed by atoms with Crippen LogP contribution in [0, 0.1) is 11.3 Å². The van der Waals surface area contributed by atoms with Crippen LogP contribution < -0.4 is 15.0 Å². The van der Waals surface area contributed by atoms with Crippen LogP contribution in [-0.2, 0) is 16.0 Å². The first-order valence-corrected chi connectivity index (χ1v) is 11.5.